The second kappa shape index (κ2) is 8.73. The van der Waals surface area contributed by atoms with Gasteiger partial charge in [-0.3, -0.25) is 4.90 Å². The second-order valence-electron chi connectivity index (χ2n) is 6.25. The van der Waals surface area contributed by atoms with Gasteiger partial charge in [0.25, 0.3) is 0 Å². The van der Waals surface area contributed by atoms with Crippen molar-refractivity contribution in [2.45, 2.75) is 18.7 Å². The molecule has 1 saturated heterocycles. The molecule has 0 unspecified atom stereocenters. The Morgan fingerprint density at radius 2 is 1.85 bits per heavy atom. The Morgan fingerprint density at radius 1 is 1.12 bits per heavy atom. The van der Waals surface area contributed by atoms with Crippen LogP contribution < -0.4 is 9.47 Å². The number of hydrogen-bond donors (Lipinski definition) is 1. The van der Waals surface area contributed by atoms with Gasteiger partial charge in [0.2, 0.25) is 0 Å². The summed E-state index contributed by atoms with van der Waals surface area (Å²) < 4.78 is 16.6. The zero-order chi connectivity index (χ0) is 18.5. The highest BCUT2D eigenvalue weighted by Crippen LogP contribution is 2.36. The van der Waals surface area contributed by atoms with Gasteiger partial charge in [-0.1, -0.05) is 29.8 Å². The first kappa shape index (κ1) is 19.0. The minimum Gasteiger partial charge on any atom is -0.493 e. The third-order valence-corrected chi connectivity index (χ3v) is 4.94. The van der Waals surface area contributed by atoms with Gasteiger partial charge in [0.1, 0.15) is 6.10 Å². The summed E-state index contributed by atoms with van der Waals surface area (Å²) in [6, 6.07) is 13.6. The molecule has 0 bridgehead atoms. The standard InChI is InChI=1S/C20H24ClNO4/c1-24-17-8-5-15(11-18(17)25-2)20-19(13-23)26-10-9-22(20)12-14-3-6-16(21)7-4-14/h3-8,11,19-20,23H,9-10,12-13H2,1-2H3/t19-,20-/m1/s1. The van der Waals surface area contributed by atoms with E-state index in [0.717, 1.165) is 23.7 Å². The first-order valence-corrected chi connectivity index (χ1v) is 8.97. The predicted molar refractivity (Wildman–Crippen MR) is 101 cm³/mol. The van der Waals surface area contributed by atoms with Gasteiger partial charge in [-0.2, -0.15) is 0 Å². The Bertz CT molecular complexity index is 722. The van der Waals surface area contributed by atoms with Gasteiger partial charge >= 0.3 is 0 Å². The molecular formula is C20H24ClNO4. The third kappa shape index (κ3) is 4.13. The molecule has 1 N–H and O–H groups in total. The van der Waals surface area contributed by atoms with Gasteiger partial charge in [0.05, 0.1) is 33.5 Å². The number of nitrogens with zero attached hydrogens (tertiary/aromatic N) is 1. The van der Waals surface area contributed by atoms with Crippen molar-refractivity contribution in [3.63, 3.8) is 0 Å². The summed E-state index contributed by atoms with van der Waals surface area (Å²) in [6.45, 7) is 2.06. The van der Waals surface area contributed by atoms with E-state index in [1.807, 2.05) is 42.5 Å². The topological polar surface area (TPSA) is 51.2 Å². The van der Waals surface area contributed by atoms with Crippen molar-refractivity contribution in [1.82, 2.24) is 4.90 Å². The summed E-state index contributed by atoms with van der Waals surface area (Å²) in [5, 5.41) is 10.6. The van der Waals surface area contributed by atoms with E-state index in [2.05, 4.69) is 4.90 Å². The zero-order valence-corrected chi connectivity index (χ0v) is 15.8. The fraction of sp³-hybridized carbons (Fsp3) is 0.400. The number of aliphatic hydroxyl groups is 1. The molecule has 0 radical (unpaired) electrons. The van der Waals surface area contributed by atoms with E-state index in [1.54, 1.807) is 14.2 Å². The number of halogens is 1. The lowest BCUT2D eigenvalue weighted by atomic mass is 9.97. The average molecular weight is 378 g/mol. The third-order valence-electron chi connectivity index (χ3n) is 4.68. The Morgan fingerprint density at radius 3 is 2.50 bits per heavy atom. The van der Waals surface area contributed by atoms with Gasteiger partial charge in [0, 0.05) is 18.1 Å². The molecule has 1 heterocycles. The van der Waals surface area contributed by atoms with Crippen molar-refractivity contribution in [3.8, 4) is 11.5 Å². The van der Waals surface area contributed by atoms with Crippen LogP contribution in [0.15, 0.2) is 42.5 Å². The van der Waals surface area contributed by atoms with Gasteiger partial charge in [-0.15, -0.1) is 0 Å². The molecule has 3 rings (SSSR count). The number of hydrogen-bond acceptors (Lipinski definition) is 5. The predicted octanol–water partition coefficient (Wildman–Crippen LogP) is 3.29. The van der Waals surface area contributed by atoms with E-state index in [0.29, 0.717) is 18.1 Å². The molecule has 6 heteroatoms. The largest absolute Gasteiger partial charge is 0.493 e. The number of benzene rings is 2. The van der Waals surface area contributed by atoms with Crippen LogP contribution >= 0.6 is 11.6 Å². The van der Waals surface area contributed by atoms with E-state index < -0.39 is 0 Å². The molecule has 1 aliphatic rings. The van der Waals surface area contributed by atoms with Crippen molar-refractivity contribution in [1.29, 1.82) is 0 Å². The molecule has 2 aromatic rings. The molecule has 1 aliphatic heterocycles. The first-order valence-electron chi connectivity index (χ1n) is 8.59. The molecule has 1 fully saturated rings. The van der Waals surface area contributed by atoms with Crippen molar-refractivity contribution >= 4 is 11.6 Å². The van der Waals surface area contributed by atoms with Gasteiger partial charge < -0.3 is 19.3 Å². The zero-order valence-electron chi connectivity index (χ0n) is 15.0. The highest BCUT2D eigenvalue weighted by Gasteiger charge is 2.33. The van der Waals surface area contributed by atoms with Crippen molar-refractivity contribution in [3.05, 3.63) is 58.6 Å². The minimum absolute atomic E-state index is 0.0455. The molecule has 0 amide bonds. The molecule has 2 atom stereocenters. The SMILES string of the molecule is COc1ccc([C@@H]2[C@@H](CO)OCCN2Cc2ccc(Cl)cc2)cc1OC. The van der Waals surface area contributed by atoms with E-state index in [9.17, 15) is 5.11 Å². The normalized spacial score (nSPS) is 20.8. The Kier molecular flexibility index (Phi) is 6.38. The second-order valence-corrected chi connectivity index (χ2v) is 6.68. The number of morpholine rings is 1. The van der Waals surface area contributed by atoms with Gasteiger partial charge in [-0.25, -0.2) is 0 Å². The fourth-order valence-electron chi connectivity index (χ4n) is 3.40. The number of rotatable bonds is 6. The molecule has 2 aromatic carbocycles. The van der Waals surface area contributed by atoms with Crippen LogP contribution in [0.2, 0.25) is 5.02 Å². The fourth-order valence-corrected chi connectivity index (χ4v) is 3.53. The molecule has 5 nitrogen and oxygen atoms in total. The summed E-state index contributed by atoms with van der Waals surface area (Å²) in [5.74, 6) is 1.34. The van der Waals surface area contributed by atoms with Crippen LogP contribution in [0.1, 0.15) is 17.2 Å². The quantitative estimate of drug-likeness (QED) is 0.837. The lowest BCUT2D eigenvalue weighted by molar-refractivity contribution is -0.0961. The molecule has 0 spiro atoms. The van der Waals surface area contributed by atoms with E-state index in [1.165, 1.54) is 5.56 Å². The maximum Gasteiger partial charge on any atom is 0.161 e. The summed E-state index contributed by atoms with van der Waals surface area (Å²) in [6.07, 6.45) is -0.297. The van der Waals surface area contributed by atoms with Crippen molar-refractivity contribution in [2.75, 3.05) is 34.0 Å². The van der Waals surface area contributed by atoms with Crippen LogP contribution in [0.3, 0.4) is 0 Å². The molecule has 26 heavy (non-hydrogen) atoms. The summed E-state index contributed by atoms with van der Waals surface area (Å²) in [7, 11) is 3.23. The van der Waals surface area contributed by atoms with Crippen molar-refractivity contribution in [2.24, 2.45) is 0 Å². The van der Waals surface area contributed by atoms with Crippen LogP contribution in [0.25, 0.3) is 0 Å². The highest BCUT2D eigenvalue weighted by atomic mass is 35.5. The van der Waals surface area contributed by atoms with E-state index >= 15 is 0 Å². The number of aliphatic hydroxyl groups excluding tert-OH is 1. The number of ether oxygens (including phenoxy) is 3. The molecular weight excluding hydrogens is 354 g/mol. The van der Waals surface area contributed by atoms with Crippen LogP contribution in [-0.4, -0.2) is 50.1 Å². The maximum atomic E-state index is 9.85. The van der Waals surface area contributed by atoms with E-state index in [4.69, 9.17) is 25.8 Å². The molecule has 140 valence electrons. The van der Waals surface area contributed by atoms with Crippen molar-refractivity contribution < 1.29 is 19.3 Å². The van der Waals surface area contributed by atoms with E-state index in [-0.39, 0.29) is 18.8 Å². The molecule has 0 saturated carbocycles. The summed E-state index contributed by atoms with van der Waals surface area (Å²) >= 11 is 5.99. The minimum atomic E-state index is -0.297. The Labute approximate surface area is 159 Å². The molecule has 0 aliphatic carbocycles. The summed E-state index contributed by atoms with van der Waals surface area (Å²) in [4.78, 5) is 2.31. The highest BCUT2D eigenvalue weighted by molar-refractivity contribution is 6.30. The Balaban J connectivity index is 1.91. The van der Waals surface area contributed by atoms with Gasteiger partial charge in [0.15, 0.2) is 11.5 Å². The smallest absolute Gasteiger partial charge is 0.161 e. The average Bonchev–Trinajstić information content (AvgIpc) is 2.69. The lowest BCUT2D eigenvalue weighted by Gasteiger charge is -2.41. The van der Waals surface area contributed by atoms with Crippen LogP contribution in [0.4, 0.5) is 0 Å². The van der Waals surface area contributed by atoms with Crippen LogP contribution in [0, 0.1) is 0 Å². The maximum absolute atomic E-state index is 9.85. The number of methoxy groups -OCH3 is 2. The lowest BCUT2D eigenvalue weighted by Crippen LogP contribution is -2.46. The molecule has 0 aromatic heterocycles. The van der Waals surface area contributed by atoms with Crippen LogP contribution in [0.5, 0.6) is 11.5 Å². The monoisotopic (exact) mass is 377 g/mol. The Hall–Kier alpha value is -1.79. The summed E-state index contributed by atoms with van der Waals surface area (Å²) in [5.41, 5.74) is 2.19. The van der Waals surface area contributed by atoms with Crippen LogP contribution in [-0.2, 0) is 11.3 Å². The van der Waals surface area contributed by atoms with Gasteiger partial charge in [-0.05, 0) is 35.4 Å². The first-order chi connectivity index (χ1) is 12.7.